The molecule has 0 radical (unpaired) electrons. The number of likely N-dealkylation sites (tertiary alicyclic amines) is 1. The van der Waals surface area contributed by atoms with Crippen LogP contribution < -0.4 is 0 Å². The Hall–Kier alpha value is -0.0400. The van der Waals surface area contributed by atoms with Gasteiger partial charge in [0, 0.05) is 12.6 Å². The van der Waals surface area contributed by atoms with Crippen LogP contribution in [0.1, 0.15) is 65.7 Å². The van der Waals surface area contributed by atoms with E-state index < -0.39 is 0 Å². The zero-order chi connectivity index (χ0) is 12.3. The maximum atomic E-state index is 2.81. The van der Waals surface area contributed by atoms with Gasteiger partial charge in [0.2, 0.25) is 0 Å². The van der Waals surface area contributed by atoms with Crippen LogP contribution in [0.25, 0.3) is 0 Å². The summed E-state index contributed by atoms with van der Waals surface area (Å²) in [6.45, 7) is 9.93. The fraction of sp³-hybridized carbons (Fsp3) is 1.00. The molecule has 2 fully saturated rings. The van der Waals surface area contributed by atoms with Crippen molar-refractivity contribution < 1.29 is 0 Å². The van der Waals surface area contributed by atoms with E-state index >= 15 is 0 Å². The molecule has 100 valence electrons. The number of rotatable bonds is 5. The molecule has 0 aromatic heterocycles. The van der Waals surface area contributed by atoms with Gasteiger partial charge >= 0.3 is 0 Å². The van der Waals surface area contributed by atoms with E-state index in [1.165, 1.54) is 58.0 Å². The molecule has 0 spiro atoms. The largest absolute Gasteiger partial charge is 0.300 e. The first-order valence-corrected chi connectivity index (χ1v) is 7.94. The van der Waals surface area contributed by atoms with E-state index in [1.807, 2.05) is 0 Å². The lowest BCUT2D eigenvalue weighted by Crippen LogP contribution is -2.48. The first-order chi connectivity index (χ1) is 8.20. The van der Waals surface area contributed by atoms with E-state index in [2.05, 4.69) is 25.7 Å². The normalized spacial score (nSPS) is 31.8. The van der Waals surface area contributed by atoms with E-state index in [-0.39, 0.29) is 0 Å². The zero-order valence-corrected chi connectivity index (χ0v) is 12.1. The Morgan fingerprint density at radius 3 is 2.41 bits per heavy atom. The van der Waals surface area contributed by atoms with Crippen molar-refractivity contribution in [3.8, 4) is 0 Å². The predicted octanol–water partition coefficient (Wildman–Crippen LogP) is 4.32. The SMILES string of the molecule is CC[C@H]1CN(C2CCC2)CC[C@H]1CCC(C)C. The zero-order valence-electron chi connectivity index (χ0n) is 12.1. The Morgan fingerprint density at radius 2 is 1.88 bits per heavy atom. The van der Waals surface area contributed by atoms with Gasteiger partial charge < -0.3 is 4.90 Å². The maximum Gasteiger partial charge on any atom is 0.00953 e. The minimum absolute atomic E-state index is 0.886. The highest BCUT2D eigenvalue weighted by molar-refractivity contribution is 4.87. The Labute approximate surface area is 108 Å². The summed E-state index contributed by atoms with van der Waals surface area (Å²) in [7, 11) is 0. The molecule has 0 amide bonds. The van der Waals surface area contributed by atoms with Gasteiger partial charge in [0.15, 0.2) is 0 Å². The second-order valence-electron chi connectivity index (χ2n) is 6.77. The Bertz CT molecular complexity index is 220. The molecule has 0 aromatic carbocycles. The van der Waals surface area contributed by atoms with Crippen LogP contribution in [0, 0.1) is 17.8 Å². The maximum absolute atomic E-state index is 2.81. The van der Waals surface area contributed by atoms with Crippen molar-refractivity contribution in [3.05, 3.63) is 0 Å². The molecule has 1 heteroatoms. The Kier molecular flexibility index (Phi) is 4.90. The van der Waals surface area contributed by atoms with Gasteiger partial charge in [-0.2, -0.15) is 0 Å². The lowest BCUT2D eigenvalue weighted by molar-refractivity contribution is 0.0415. The van der Waals surface area contributed by atoms with Gasteiger partial charge in [-0.05, 0) is 50.0 Å². The molecule has 1 aliphatic heterocycles. The van der Waals surface area contributed by atoms with Crippen molar-refractivity contribution in [1.82, 2.24) is 4.90 Å². The second kappa shape index (κ2) is 6.22. The minimum atomic E-state index is 0.886. The standard InChI is InChI=1S/C16H31N/c1-4-14-12-17(16-6-5-7-16)11-10-15(14)9-8-13(2)3/h13-16H,4-12H2,1-3H3/t14-,15+/m0/s1. The van der Waals surface area contributed by atoms with Gasteiger partial charge in [-0.25, -0.2) is 0 Å². The topological polar surface area (TPSA) is 3.24 Å². The van der Waals surface area contributed by atoms with Gasteiger partial charge in [0.1, 0.15) is 0 Å². The van der Waals surface area contributed by atoms with Gasteiger partial charge in [-0.1, -0.05) is 40.0 Å². The molecule has 1 heterocycles. The van der Waals surface area contributed by atoms with Gasteiger partial charge in [-0.3, -0.25) is 0 Å². The highest BCUT2D eigenvalue weighted by atomic mass is 15.2. The summed E-state index contributed by atoms with van der Waals surface area (Å²) < 4.78 is 0. The number of hydrogen-bond acceptors (Lipinski definition) is 1. The van der Waals surface area contributed by atoms with E-state index in [0.29, 0.717) is 0 Å². The van der Waals surface area contributed by atoms with Crippen LogP contribution in [0.4, 0.5) is 0 Å². The first kappa shape index (κ1) is 13.4. The number of piperidine rings is 1. The fourth-order valence-electron chi connectivity index (χ4n) is 3.58. The van der Waals surface area contributed by atoms with Crippen molar-refractivity contribution in [1.29, 1.82) is 0 Å². The highest BCUT2D eigenvalue weighted by Crippen LogP contribution is 2.35. The fourth-order valence-corrected chi connectivity index (χ4v) is 3.58. The molecule has 17 heavy (non-hydrogen) atoms. The predicted molar refractivity (Wildman–Crippen MR) is 75.2 cm³/mol. The molecular formula is C16H31N. The monoisotopic (exact) mass is 237 g/mol. The van der Waals surface area contributed by atoms with E-state index in [9.17, 15) is 0 Å². The van der Waals surface area contributed by atoms with Crippen LogP contribution in [0.15, 0.2) is 0 Å². The molecule has 1 saturated heterocycles. The summed E-state index contributed by atoms with van der Waals surface area (Å²) in [5.74, 6) is 2.90. The molecule has 1 aliphatic carbocycles. The van der Waals surface area contributed by atoms with Crippen LogP contribution in [0.3, 0.4) is 0 Å². The minimum Gasteiger partial charge on any atom is -0.300 e. The number of hydrogen-bond donors (Lipinski definition) is 0. The summed E-state index contributed by atoms with van der Waals surface area (Å²) in [6.07, 6.45) is 10.2. The van der Waals surface area contributed by atoms with E-state index in [0.717, 1.165) is 23.8 Å². The molecule has 2 atom stereocenters. The van der Waals surface area contributed by atoms with Crippen LogP contribution in [-0.2, 0) is 0 Å². The Morgan fingerprint density at radius 1 is 1.12 bits per heavy atom. The van der Waals surface area contributed by atoms with Crippen molar-refractivity contribution in [2.75, 3.05) is 13.1 Å². The van der Waals surface area contributed by atoms with Gasteiger partial charge in [-0.15, -0.1) is 0 Å². The van der Waals surface area contributed by atoms with Crippen LogP contribution in [0.5, 0.6) is 0 Å². The molecule has 2 rings (SSSR count). The summed E-state index contributed by atoms with van der Waals surface area (Å²) in [5, 5.41) is 0. The average molecular weight is 237 g/mol. The van der Waals surface area contributed by atoms with Gasteiger partial charge in [0.05, 0.1) is 0 Å². The summed E-state index contributed by atoms with van der Waals surface area (Å²) in [4.78, 5) is 2.81. The highest BCUT2D eigenvalue weighted by Gasteiger charge is 2.33. The quantitative estimate of drug-likeness (QED) is 0.688. The van der Waals surface area contributed by atoms with Crippen molar-refractivity contribution in [2.45, 2.75) is 71.8 Å². The molecule has 1 nitrogen and oxygen atoms in total. The Balaban J connectivity index is 1.80. The van der Waals surface area contributed by atoms with Crippen molar-refractivity contribution >= 4 is 0 Å². The molecule has 1 saturated carbocycles. The first-order valence-electron chi connectivity index (χ1n) is 7.94. The second-order valence-corrected chi connectivity index (χ2v) is 6.77. The third kappa shape index (κ3) is 3.47. The third-order valence-electron chi connectivity index (χ3n) is 5.15. The average Bonchev–Trinajstić information content (AvgIpc) is 2.24. The lowest BCUT2D eigenvalue weighted by Gasteiger charge is -2.45. The van der Waals surface area contributed by atoms with Crippen molar-refractivity contribution in [3.63, 3.8) is 0 Å². The van der Waals surface area contributed by atoms with E-state index in [1.54, 1.807) is 0 Å². The molecule has 0 bridgehead atoms. The van der Waals surface area contributed by atoms with Crippen LogP contribution in [-0.4, -0.2) is 24.0 Å². The van der Waals surface area contributed by atoms with Crippen molar-refractivity contribution in [2.24, 2.45) is 17.8 Å². The summed E-state index contributed by atoms with van der Waals surface area (Å²) in [5.41, 5.74) is 0. The smallest absolute Gasteiger partial charge is 0.00953 e. The van der Waals surface area contributed by atoms with Gasteiger partial charge in [0.25, 0.3) is 0 Å². The molecule has 2 aliphatic rings. The third-order valence-corrected chi connectivity index (χ3v) is 5.15. The molecule has 0 unspecified atom stereocenters. The summed E-state index contributed by atoms with van der Waals surface area (Å²) >= 11 is 0. The van der Waals surface area contributed by atoms with E-state index in [4.69, 9.17) is 0 Å². The van der Waals surface area contributed by atoms with Crippen LogP contribution >= 0.6 is 0 Å². The molecule has 0 N–H and O–H groups in total. The molecule has 0 aromatic rings. The number of nitrogens with zero attached hydrogens (tertiary/aromatic N) is 1. The molecular weight excluding hydrogens is 206 g/mol. The van der Waals surface area contributed by atoms with Crippen LogP contribution in [0.2, 0.25) is 0 Å². The lowest BCUT2D eigenvalue weighted by atomic mass is 9.78. The summed E-state index contributed by atoms with van der Waals surface area (Å²) in [6, 6.07) is 0.968.